The van der Waals surface area contributed by atoms with Gasteiger partial charge in [-0.3, -0.25) is 0 Å². The van der Waals surface area contributed by atoms with Gasteiger partial charge in [-0.25, -0.2) is 4.98 Å². The molecule has 0 fully saturated rings. The van der Waals surface area contributed by atoms with Crippen molar-refractivity contribution in [3.05, 3.63) is 59.3 Å². The van der Waals surface area contributed by atoms with Gasteiger partial charge in [0, 0.05) is 24.9 Å². The Morgan fingerprint density at radius 2 is 2.18 bits per heavy atom. The van der Waals surface area contributed by atoms with Crippen molar-refractivity contribution in [2.75, 3.05) is 6.54 Å². The quantitative estimate of drug-likeness (QED) is 0.783. The first kappa shape index (κ1) is 13.5. The standard InChI is InChI=1S/C17H16N2O2S/c1-2-5-15-12(4-1)8-14(21-15)10-18-9-13-11-22-17(19-13)16-6-3-7-20-16/h1-7,11,14,18H,8-10H2/t14-/m1/s1. The maximum absolute atomic E-state index is 5.91. The average Bonchev–Trinajstić information content (AvgIpc) is 3.27. The third kappa shape index (κ3) is 2.77. The van der Waals surface area contributed by atoms with Crippen molar-refractivity contribution in [2.24, 2.45) is 0 Å². The van der Waals surface area contributed by atoms with Crippen LogP contribution in [0.5, 0.6) is 5.75 Å². The Hall–Kier alpha value is -2.11. The van der Waals surface area contributed by atoms with E-state index in [9.17, 15) is 0 Å². The molecule has 1 N–H and O–H groups in total. The lowest BCUT2D eigenvalue weighted by Crippen LogP contribution is -2.29. The Bertz CT molecular complexity index is 727. The van der Waals surface area contributed by atoms with Gasteiger partial charge in [0.15, 0.2) is 10.8 Å². The van der Waals surface area contributed by atoms with Crippen LogP contribution in [-0.2, 0) is 13.0 Å². The fourth-order valence-electron chi connectivity index (χ4n) is 2.63. The Labute approximate surface area is 132 Å². The van der Waals surface area contributed by atoms with Gasteiger partial charge in [-0.2, -0.15) is 0 Å². The first-order valence-corrected chi connectivity index (χ1v) is 8.20. The van der Waals surface area contributed by atoms with Gasteiger partial charge in [0.2, 0.25) is 0 Å². The topological polar surface area (TPSA) is 47.3 Å². The molecule has 112 valence electrons. The summed E-state index contributed by atoms with van der Waals surface area (Å²) < 4.78 is 11.3. The number of ether oxygens (including phenoxy) is 1. The Balaban J connectivity index is 1.30. The van der Waals surface area contributed by atoms with Crippen LogP contribution in [0.2, 0.25) is 0 Å². The first-order valence-electron chi connectivity index (χ1n) is 7.32. The fraction of sp³-hybridized carbons (Fsp3) is 0.235. The summed E-state index contributed by atoms with van der Waals surface area (Å²) in [6, 6.07) is 12.0. The lowest BCUT2D eigenvalue weighted by atomic mass is 10.1. The molecule has 0 aliphatic carbocycles. The van der Waals surface area contributed by atoms with Gasteiger partial charge in [-0.1, -0.05) is 18.2 Å². The van der Waals surface area contributed by atoms with Gasteiger partial charge >= 0.3 is 0 Å². The highest BCUT2D eigenvalue weighted by atomic mass is 32.1. The number of hydrogen-bond donors (Lipinski definition) is 1. The zero-order valence-corrected chi connectivity index (χ0v) is 12.8. The Kier molecular flexibility index (Phi) is 3.66. The van der Waals surface area contributed by atoms with E-state index in [2.05, 4.69) is 27.8 Å². The van der Waals surface area contributed by atoms with Crippen LogP contribution >= 0.6 is 11.3 Å². The molecule has 1 atom stereocenters. The SMILES string of the molecule is c1coc(-c2nc(CNC[C@H]3Cc4ccccc4O3)cs2)c1. The van der Waals surface area contributed by atoms with Crippen LogP contribution in [0.4, 0.5) is 0 Å². The van der Waals surface area contributed by atoms with Crippen molar-refractivity contribution in [2.45, 2.75) is 19.1 Å². The number of hydrogen-bond acceptors (Lipinski definition) is 5. The minimum Gasteiger partial charge on any atom is -0.488 e. The smallest absolute Gasteiger partial charge is 0.162 e. The second-order valence-corrected chi connectivity index (χ2v) is 6.16. The summed E-state index contributed by atoms with van der Waals surface area (Å²) >= 11 is 1.60. The van der Waals surface area contributed by atoms with Crippen molar-refractivity contribution in [1.29, 1.82) is 0 Å². The zero-order valence-electron chi connectivity index (χ0n) is 12.0. The number of thiazole rings is 1. The van der Waals surface area contributed by atoms with Crippen molar-refractivity contribution in [1.82, 2.24) is 10.3 Å². The van der Waals surface area contributed by atoms with E-state index in [4.69, 9.17) is 9.15 Å². The predicted octanol–water partition coefficient (Wildman–Crippen LogP) is 3.50. The molecule has 0 bridgehead atoms. The van der Waals surface area contributed by atoms with Crippen LogP contribution < -0.4 is 10.1 Å². The number of benzene rings is 1. The highest BCUT2D eigenvalue weighted by molar-refractivity contribution is 7.13. The van der Waals surface area contributed by atoms with E-state index in [1.165, 1.54) is 5.56 Å². The Morgan fingerprint density at radius 3 is 3.05 bits per heavy atom. The molecule has 0 saturated carbocycles. The highest BCUT2D eigenvalue weighted by Crippen LogP contribution is 2.28. The number of aromatic nitrogens is 1. The van der Waals surface area contributed by atoms with Crippen LogP contribution in [0.1, 0.15) is 11.3 Å². The van der Waals surface area contributed by atoms with E-state index in [0.717, 1.165) is 41.7 Å². The van der Waals surface area contributed by atoms with Crippen LogP contribution in [0, 0.1) is 0 Å². The van der Waals surface area contributed by atoms with E-state index < -0.39 is 0 Å². The van der Waals surface area contributed by atoms with Gasteiger partial charge in [-0.15, -0.1) is 11.3 Å². The summed E-state index contributed by atoms with van der Waals surface area (Å²) in [6.07, 6.45) is 2.85. The number of rotatable bonds is 5. The lowest BCUT2D eigenvalue weighted by Gasteiger charge is -2.10. The maximum Gasteiger partial charge on any atom is 0.162 e. The fourth-order valence-corrected chi connectivity index (χ4v) is 3.42. The van der Waals surface area contributed by atoms with E-state index in [0.29, 0.717) is 0 Å². The van der Waals surface area contributed by atoms with Crippen molar-refractivity contribution < 1.29 is 9.15 Å². The molecule has 1 aliphatic heterocycles. The monoisotopic (exact) mass is 312 g/mol. The summed E-state index contributed by atoms with van der Waals surface area (Å²) in [5, 5.41) is 6.41. The predicted molar refractivity (Wildman–Crippen MR) is 86.1 cm³/mol. The second kappa shape index (κ2) is 5.94. The molecule has 3 heterocycles. The number of fused-ring (bicyclic) bond motifs is 1. The van der Waals surface area contributed by atoms with Crippen molar-refractivity contribution >= 4 is 11.3 Å². The first-order chi connectivity index (χ1) is 10.9. The largest absolute Gasteiger partial charge is 0.488 e. The minimum atomic E-state index is 0.209. The van der Waals surface area contributed by atoms with E-state index in [1.54, 1.807) is 17.6 Å². The molecule has 0 unspecified atom stereocenters. The number of nitrogens with one attached hydrogen (secondary N) is 1. The van der Waals surface area contributed by atoms with E-state index >= 15 is 0 Å². The van der Waals surface area contributed by atoms with Crippen LogP contribution in [0.15, 0.2) is 52.5 Å². The molecule has 0 spiro atoms. The highest BCUT2D eigenvalue weighted by Gasteiger charge is 2.21. The lowest BCUT2D eigenvalue weighted by molar-refractivity contribution is 0.227. The van der Waals surface area contributed by atoms with E-state index in [-0.39, 0.29) is 6.10 Å². The third-order valence-corrected chi connectivity index (χ3v) is 4.58. The summed E-state index contributed by atoms with van der Waals surface area (Å²) in [7, 11) is 0. The zero-order chi connectivity index (χ0) is 14.8. The summed E-state index contributed by atoms with van der Waals surface area (Å²) in [5.74, 6) is 1.84. The normalized spacial score (nSPS) is 16.5. The molecule has 0 radical (unpaired) electrons. The molecule has 1 aliphatic rings. The summed E-state index contributed by atoms with van der Waals surface area (Å²) in [4.78, 5) is 4.58. The number of nitrogens with zero attached hydrogens (tertiary/aromatic N) is 1. The molecule has 2 aromatic heterocycles. The summed E-state index contributed by atoms with van der Waals surface area (Å²) in [6.45, 7) is 1.57. The molecule has 22 heavy (non-hydrogen) atoms. The molecule has 0 saturated heterocycles. The molecular weight excluding hydrogens is 296 g/mol. The molecule has 3 aromatic rings. The third-order valence-electron chi connectivity index (χ3n) is 3.68. The molecule has 1 aromatic carbocycles. The van der Waals surface area contributed by atoms with Gasteiger partial charge in [-0.05, 0) is 23.8 Å². The molecule has 0 amide bonds. The van der Waals surface area contributed by atoms with Crippen LogP contribution in [0.25, 0.3) is 10.8 Å². The molecule has 4 rings (SSSR count). The van der Waals surface area contributed by atoms with Gasteiger partial charge in [0.25, 0.3) is 0 Å². The van der Waals surface area contributed by atoms with Gasteiger partial charge < -0.3 is 14.5 Å². The molecule has 4 nitrogen and oxygen atoms in total. The Morgan fingerprint density at radius 1 is 1.23 bits per heavy atom. The van der Waals surface area contributed by atoms with Crippen molar-refractivity contribution in [3.63, 3.8) is 0 Å². The maximum atomic E-state index is 5.91. The average molecular weight is 312 g/mol. The molecule has 5 heteroatoms. The van der Waals surface area contributed by atoms with Crippen LogP contribution in [-0.4, -0.2) is 17.6 Å². The van der Waals surface area contributed by atoms with Crippen molar-refractivity contribution in [3.8, 4) is 16.5 Å². The second-order valence-electron chi connectivity index (χ2n) is 5.30. The van der Waals surface area contributed by atoms with E-state index in [1.807, 2.05) is 24.3 Å². The van der Waals surface area contributed by atoms with Gasteiger partial charge in [0.1, 0.15) is 11.9 Å². The number of furan rings is 1. The minimum absolute atomic E-state index is 0.209. The molecular formula is C17H16N2O2S. The summed E-state index contributed by atoms with van der Waals surface area (Å²) in [5.41, 5.74) is 2.33. The van der Waals surface area contributed by atoms with Gasteiger partial charge in [0.05, 0.1) is 12.0 Å². The van der Waals surface area contributed by atoms with Crippen LogP contribution in [0.3, 0.4) is 0 Å². The number of para-hydroxylation sites is 1.